The third-order valence-electron chi connectivity index (χ3n) is 12.6. The predicted octanol–water partition coefficient (Wildman–Crippen LogP) is 16.1. The minimum Gasteiger partial charge on any atom is -0.369 e. The molecule has 5 atom stereocenters. The molecule has 1 N–H and O–H groups in total. The van der Waals surface area contributed by atoms with Crippen LogP contribution >= 0.6 is 22.6 Å². The molecule has 0 radical (unpaired) electrons. The Morgan fingerprint density at radius 1 is 0.727 bits per heavy atom. The minimum atomic E-state index is -0.658. The SMILES string of the molecule is C=C1CC(C(/C=C/C=C\CCCCCCCC(O)OCC(CC2CC2)OC2(CCCCCCC/C=C/CCCCCCCC)CC2)CCCCC)C(I)C1=C. The van der Waals surface area contributed by atoms with E-state index in [1.54, 1.807) is 0 Å². The molecular formula is C51H87IO3. The maximum absolute atomic E-state index is 10.6. The van der Waals surface area contributed by atoms with Crippen LogP contribution in [0, 0.1) is 17.8 Å². The van der Waals surface area contributed by atoms with Gasteiger partial charge in [0.1, 0.15) is 0 Å². The van der Waals surface area contributed by atoms with Crippen LogP contribution in [0.5, 0.6) is 0 Å². The number of ether oxygens (including phenoxy) is 2. The molecule has 3 aliphatic carbocycles. The molecule has 0 aliphatic heterocycles. The molecule has 0 aromatic heterocycles. The van der Waals surface area contributed by atoms with E-state index in [2.05, 4.69) is 86.1 Å². The largest absolute Gasteiger partial charge is 0.369 e. The van der Waals surface area contributed by atoms with Gasteiger partial charge in [0.05, 0.1) is 18.3 Å². The van der Waals surface area contributed by atoms with Gasteiger partial charge in [0.2, 0.25) is 0 Å². The van der Waals surface area contributed by atoms with Crippen LogP contribution in [0.15, 0.2) is 60.8 Å². The molecule has 55 heavy (non-hydrogen) atoms. The van der Waals surface area contributed by atoms with Crippen LogP contribution in [0.25, 0.3) is 0 Å². The molecule has 3 saturated carbocycles. The van der Waals surface area contributed by atoms with Crippen molar-refractivity contribution in [1.29, 1.82) is 0 Å². The van der Waals surface area contributed by atoms with E-state index in [1.165, 1.54) is 178 Å². The highest BCUT2D eigenvalue weighted by Crippen LogP contribution is 2.47. The second-order valence-electron chi connectivity index (χ2n) is 17.9. The normalized spacial score (nSPS) is 21.5. The molecule has 0 aromatic rings. The first kappa shape index (κ1) is 48.7. The van der Waals surface area contributed by atoms with Crippen LogP contribution in [-0.2, 0) is 9.47 Å². The molecule has 3 nitrogen and oxygen atoms in total. The average Bonchev–Trinajstić information content (AvgIpc) is 4.12. The minimum absolute atomic E-state index is 0.106. The van der Waals surface area contributed by atoms with Crippen molar-refractivity contribution in [2.24, 2.45) is 17.8 Å². The molecule has 316 valence electrons. The number of allylic oxidation sites excluding steroid dienone is 8. The molecule has 4 heteroatoms. The first-order valence-corrected chi connectivity index (χ1v) is 25.1. The number of unbranched alkanes of at least 4 members (excludes halogenated alkanes) is 18. The number of hydrogen-bond donors (Lipinski definition) is 1. The average molecular weight is 875 g/mol. The van der Waals surface area contributed by atoms with Gasteiger partial charge in [0.15, 0.2) is 6.29 Å². The summed E-state index contributed by atoms with van der Waals surface area (Å²) in [5, 5.41) is 10.6. The van der Waals surface area contributed by atoms with Crippen molar-refractivity contribution >= 4 is 22.6 Å². The Balaban J connectivity index is 1.18. The Morgan fingerprint density at radius 2 is 1.29 bits per heavy atom. The van der Waals surface area contributed by atoms with Crippen molar-refractivity contribution in [2.75, 3.05) is 6.61 Å². The van der Waals surface area contributed by atoms with Crippen LogP contribution < -0.4 is 0 Å². The smallest absolute Gasteiger partial charge is 0.154 e. The summed E-state index contributed by atoms with van der Waals surface area (Å²) in [6.45, 7) is 13.7. The highest BCUT2D eigenvalue weighted by molar-refractivity contribution is 14.1. The summed E-state index contributed by atoms with van der Waals surface area (Å²) in [6, 6.07) is 0. The zero-order valence-electron chi connectivity index (χ0n) is 36.1. The highest BCUT2D eigenvalue weighted by atomic mass is 127. The molecule has 0 heterocycles. The fourth-order valence-electron chi connectivity index (χ4n) is 8.53. The van der Waals surface area contributed by atoms with E-state index in [9.17, 15) is 5.11 Å². The van der Waals surface area contributed by atoms with Gasteiger partial charge in [-0.15, -0.1) is 0 Å². The zero-order chi connectivity index (χ0) is 39.4. The van der Waals surface area contributed by atoms with E-state index in [-0.39, 0.29) is 11.7 Å². The van der Waals surface area contributed by atoms with Crippen LogP contribution in [0.4, 0.5) is 0 Å². The Morgan fingerprint density at radius 3 is 1.89 bits per heavy atom. The topological polar surface area (TPSA) is 38.7 Å². The lowest BCUT2D eigenvalue weighted by molar-refractivity contribution is -0.151. The summed E-state index contributed by atoms with van der Waals surface area (Å²) in [4.78, 5) is 0. The number of halogens is 1. The van der Waals surface area contributed by atoms with Gasteiger partial charge in [0, 0.05) is 3.92 Å². The Labute approximate surface area is 355 Å². The standard InChI is InChI=1S/C51H87IO3/c1-5-7-9-10-11-12-13-14-15-16-17-21-24-27-31-37-51(38-39-51)55-47(41-45-35-36-45)42-54-49(53)34-30-26-23-20-18-19-22-25-29-33-46(32-28-8-6-2)48-40-43(3)44(4)50(48)52/h14-15,22,25,29,33,45-50,53H,3-13,16-21,23-24,26-28,30-32,34-42H2,1-2H3/b15-14+,25-22-,33-29+. The maximum Gasteiger partial charge on any atom is 0.154 e. The van der Waals surface area contributed by atoms with Gasteiger partial charge in [-0.1, -0.05) is 201 Å². The lowest BCUT2D eigenvalue weighted by Crippen LogP contribution is -2.30. The van der Waals surface area contributed by atoms with Gasteiger partial charge in [-0.2, -0.15) is 0 Å². The third-order valence-corrected chi connectivity index (χ3v) is 14.3. The number of aliphatic hydroxyl groups is 1. The van der Waals surface area contributed by atoms with Crippen molar-refractivity contribution in [3.8, 4) is 0 Å². The summed E-state index contributed by atoms with van der Waals surface area (Å²) < 4.78 is 13.3. The molecule has 0 saturated heterocycles. The number of aliphatic hydroxyl groups excluding tert-OH is 1. The lowest BCUT2D eigenvalue weighted by atomic mass is 9.85. The Kier molecular flexibility index (Phi) is 26.9. The summed E-state index contributed by atoms with van der Waals surface area (Å²) in [5.41, 5.74) is 2.63. The zero-order valence-corrected chi connectivity index (χ0v) is 38.3. The van der Waals surface area contributed by atoms with Crippen molar-refractivity contribution in [3.05, 3.63) is 60.8 Å². The van der Waals surface area contributed by atoms with Crippen LogP contribution in [0.1, 0.15) is 213 Å². The first-order chi connectivity index (χ1) is 26.9. The van der Waals surface area contributed by atoms with Crippen LogP contribution in [0.2, 0.25) is 0 Å². The van der Waals surface area contributed by atoms with Crippen LogP contribution in [-0.4, -0.2) is 33.6 Å². The molecule has 0 spiro atoms. The van der Waals surface area contributed by atoms with E-state index >= 15 is 0 Å². The highest BCUT2D eigenvalue weighted by Gasteiger charge is 2.45. The van der Waals surface area contributed by atoms with Crippen LogP contribution in [0.3, 0.4) is 0 Å². The molecule has 3 fully saturated rings. The van der Waals surface area contributed by atoms with Crippen molar-refractivity contribution in [1.82, 2.24) is 0 Å². The molecular weight excluding hydrogens is 787 g/mol. The molecule has 3 aliphatic rings. The molecule has 0 aromatic carbocycles. The summed E-state index contributed by atoms with van der Waals surface area (Å²) in [6.07, 6.45) is 52.7. The predicted molar refractivity (Wildman–Crippen MR) is 248 cm³/mol. The fraction of sp³-hybridized carbons (Fsp3) is 0.804. The summed E-state index contributed by atoms with van der Waals surface area (Å²) >= 11 is 2.60. The van der Waals surface area contributed by atoms with E-state index < -0.39 is 6.29 Å². The van der Waals surface area contributed by atoms with Crippen molar-refractivity contribution in [2.45, 2.75) is 235 Å². The quantitative estimate of drug-likeness (QED) is 0.0169. The maximum atomic E-state index is 10.6. The van der Waals surface area contributed by atoms with Gasteiger partial charge >= 0.3 is 0 Å². The lowest BCUT2D eigenvalue weighted by Gasteiger charge is -2.26. The van der Waals surface area contributed by atoms with Gasteiger partial charge in [-0.05, 0) is 113 Å². The fourth-order valence-corrected chi connectivity index (χ4v) is 9.76. The van der Waals surface area contributed by atoms with E-state index in [1.807, 2.05) is 0 Å². The van der Waals surface area contributed by atoms with Gasteiger partial charge in [-0.25, -0.2) is 0 Å². The molecule has 0 amide bonds. The Hall–Kier alpha value is -0.690. The molecule has 3 rings (SSSR count). The van der Waals surface area contributed by atoms with Crippen molar-refractivity contribution in [3.63, 3.8) is 0 Å². The summed E-state index contributed by atoms with van der Waals surface area (Å²) in [7, 11) is 0. The van der Waals surface area contributed by atoms with Gasteiger partial charge in [0.25, 0.3) is 0 Å². The number of rotatable bonds is 37. The Bertz CT molecular complexity index is 1080. The number of hydrogen-bond acceptors (Lipinski definition) is 3. The van der Waals surface area contributed by atoms with Gasteiger partial charge < -0.3 is 14.6 Å². The van der Waals surface area contributed by atoms with E-state index in [4.69, 9.17) is 9.47 Å². The monoisotopic (exact) mass is 875 g/mol. The van der Waals surface area contributed by atoms with E-state index in [0.717, 1.165) is 38.0 Å². The summed E-state index contributed by atoms with van der Waals surface area (Å²) in [5.74, 6) is 2.07. The van der Waals surface area contributed by atoms with E-state index in [0.29, 0.717) is 22.4 Å². The molecule has 0 bridgehead atoms. The number of alkyl halides is 1. The van der Waals surface area contributed by atoms with Crippen molar-refractivity contribution < 1.29 is 14.6 Å². The second-order valence-corrected chi connectivity index (χ2v) is 19.3. The van der Waals surface area contributed by atoms with Gasteiger partial charge in [-0.3, -0.25) is 0 Å². The molecule has 5 unspecified atom stereocenters. The third kappa shape index (κ3) is 22.9. The second kappa shape index (κ2) is 30.4. The first-order valence-electron chi connectivity index (χ1n) is 23.8.